The van der Waals surface area contributed by atoms with Crippen LogP contribution in [0.1, 0.15) is 5.56 Å². The summed E-state index contributed by atoms with van der Waals surface area (Å²) in [5, 5.41) is 12.4. The summed E-state index contributed by atoms with van der Waals surface area (Å²) in [7, 11) is 1.41. The Bertz CT molecular complexity index is 819. The lowest BCUT2D eigenvalue weighted by Gasteiger charge is -2.13. The van der Waals surface area contributed by atoms with Crippen LogP contribution in [0, 0.1) is 11.3 Å². The average Bonchev–Trinajstić information content (AvgIpc) is 2.56. The van der Waals surface area contributed by atoms with Crippen LogP contribution in [0.4, 0.5) is 5.69 Å². The maximum absolute atomic E-state index is 12.0. The number of amides is 1. The maximum Gasteiger partial charge on any atom is 0.262 e. The van der Waals surface area contributed by atoms with E-state index in [1.807, 2.05) is 6.07 Å². The van der Waals surface area contributed by atoms with Crippen LogP contribution >= 0.6 is 34.8 Å². The number of hydrogen-bond donors (Lipinski definition) is 1. The molecule has 0 unspecified atom stereocenters. The minimum absolute atomic E-state index is 0.166. The van der Waals surface area contributed by atoms with Crippen LogP contribution in [0.3, 0.4) is 0 Å². The molecule has 0 spiro atoms. The van der Waals surface area contributed by atoms with Gasteiger partial charge in [0.15, 0.2) is 18.1 Å². The predicted octanol–water partition coefficient (Wildman–Crippen LogP) is 4.54. The quantitative estimate of drug-likeness (QED) is 0.820. The Morgan fingerprint density at radius 3 is 2.62 bits per heavy atom. The Kier molecular flexibility index (Phi) is 6.16. The molecule has 0 aromatic heterocycles. The van der Waals surface area contributed by atoms with Crippen LogP contribution in [-0.2, 0) is 4.79 Å². The first-order valence-corrected chi connectivity index (χ1v) is 7.73. The summed E-state index contributed by atoms with van der Waals surface area (Å²) >= 11 is 17.9. The number of ether oxygens (including phenoxy) is 2. The highest BCUT2D eigenvalue weighted by atomic mass is 35.5. The standard InChI is InChI=1S/C16H11Cl3N2O3/c1-23-14-5-9(7-20)4-12(19)16(14)24-8-15(22)21-13-6-10(17)2-3-11(13)18/h2-6H,8H2,1H3,(H,21,22). The Morgan fingerprint density at radius 1 is 1.21 bits per heavy atom. The van der Waals surface area contributed by atoms with Crippen molar-refractivity contribution in [2.45, 2.75) is 0 Å². The van der Waals surface area contributed by atoms with Gasteiger partial charge in [-0.2, -0.15) is 5.26 Å². The summed E-state index contributed by atoms with van der Waals surface area (Å²) < 4.78 is 10.5. The van der Waals surface area contributed by atoms with Gasteiger partial charge in [-0.25, -0.2) is 0 Å². The second-order valence-electron chi connectivity index (χ2n) is 4.56. The van der Waals surface area contributed by atoms with Gasteiger partial charge in [-0.15, -0.1) is 0 Å². The van der Waals surface area contributed by atoms with Gasteiger partial charge in [0.2, 0.25) is 0 Å². The number of halogens is 3. The topological polar surface area (TPSA) is 71.3 Å². The predicted molar refractivity (Wildman–Crippen MR) is 93.3 cm³/mol. The van der Waals surface area contributed by atoms with Gasteiger partial charge in [-0.05, 0) is 24.3 Å². The van der Waals surface area contributed by atoms with E-state index in [1.54, 1.807) is 12.1 Å². The highest BCUT2D eigenvalue weighted by molar-refractivity contribution is 6.35. The van der Waals surface area contributed by atoms with Crippen LogP contribution < -0.4 is 14.8 Å². The molecular weight excluding hydrogens is 375 g/mol. The molecule has 0 aliphatic rings. The molecule has 1 N–H and O–H groups in total. The minimum Gasteiger partial charge on any atom is -0.493 e. The summed E-state index contributed by atoms with van der Waals surface area (Å²) in [6, 6.07) is 9.54. The molecule has 2 rings (SSSR count). The second kappa shape index (κ2) is 8.11. The molecule has 2 aromatic carbocycles. The van der Waals surface area contributed by atoms with Gasteiger partial charge in [0.25, 0.3) is 5.91 Å². The Hall–Kier alpha value is -2.13. The van der Waals surface area contributed by atoms with Gasteiger partial charge in [0.05, 0.1) is 34.5 Å². The molecule has 2 aromatic rings. The van der Waals surface area contributed by atoms with Crippen molar-refractivity contribution in [3.8, 4) is 17.6 Å². The van der Waals surface area contributed by atoms with Crippen LogP contribution in [0.2, 0.25) is 15.1 Å². The zero-order valence-electron chi connectivity index (χ0n) is 12.4. The third kappa shape index (κ3) is 4.45. The largest absolute Gasteiger partial charge is 0.493 e. The van der Waals surface area contributed by atoms with E-state index < -0.39 is 5.91 Å². The van der Waals surface area contributed by atoms with E-state index in [0.717, 1.165) is 0 Å². The SMILES string of the molecule is COc1cc(C#N)cc(Cl)c1OCC(=O)Nc1cc(Cl)ccc1Cl. The summed E-state index contributed by atoms with van der Waals surface area (Å²) in [5.74, 6) is -0.0280. The molecule has 0 heterocycles. The number of benzene rings is 2. The van der Waals surface area contributed by atoms with Crippen molar-refractivity contribution in [1.29, 1.82) is 5.26 Å². The van der Waals surface area contributed by atoms with Crippen LogP contribution in [-0.4, -0.2) is 19.6 Å². The van der Waals surface area contributed by atoms with Crippen molar-refractivity contribution in [3.63, 3.8) is 0 Å². The molecule has 0 radical (unpaired) electrons. The van der Waals surface area contributed by atoms with E-state index in [9.17, 15) is 4.79 Å². The van der Waals surface area contributed by atoms with Gasteiger partial charge in [-0.1, -0.05) is 34.8 Å². The highest BCUT2D eigenvalue weighted by Crippen LogP contribution is 2.36. The monoisotopic (exact) mass is 384 g/mol. The first-order valence-electron chi connectivity index (χ1n) is 6.60. The zero-order valence-corrected chi connectivity index (χ0v) is 14.7. The lowest BCUT2D eigenvalue weighted by atomic mass is 10.2. The number of hydrogen-bond acceptors (Lipinski definition) is 4. The number of carbonyl (C=O) groups is 1. The highest BCUT2D eigenvalue weighted by Gasteiger charge is 2.14. The average molecular weight is 386 g/mol. The molecule has 0 fully saturated rings. The van der Waals surface area contributed by atoms with Crippen LogP contribution in [0.15, 0.2) is 30.3 Å². The Morgan fingerprint density at radius 2 is 1.96 bits per heavy atom. The molecule has 24 heavy (non-hydrogen) atoms. The fourth-order valence-corrected chi connectivity index (χ4v) is 2.44. The van der Waals surface area contributed by atoms with E-state index >= 15 is 0 Å². The lowest BCUT2D eigenvalue weighted by molar-refractivity contribution is -0.118. The van der Waals surface area contributed by atoms with Gasteiger partial charge in [0, 0.05) is 11.1 Å². The number of methoxy groups -OCH3 is 1. The molecule has 0 saturated heterocycles. The number of carbonyl (C=O) groups excluding carboxylic acids is 1. The van der Waals surface area contributed by atoms with Crippen molar-refractivity contribution in [3.05, 3.63) is 51.0 Å². The number of nitrogens with zero attached hydrogens (tertiary/aromatic N) is 1. The molecule has 5 nitrogen and oxygen atoms in total. The molecule has 0 atom stereocenters. The minimum atomic E-state index is -0.457. The van der Waals surface area contributed by atoms with E-state index in [2.05, 4.69) is 5.32 Å². The van der Waals surface area contributed by atoms with Crippen molar-refractivity contribution in [2.24, 2.45) is 0 Å². The molecule has 0 bridgehead atoms. The first kappa shape index (κ1) is 18.2. The number of anilines is 1. The molecular formula is C16H11Cl3N2O3. The fraction of sp³-hybridized carbons (Fsp3) is 0.125. The molecule has 124 valence electrons. The summed E-state index contributed by atoms with van der Waals surface area (Å²) in [4.78, 5) is 12.0. The summed E-state index contributed by atoms with van der Waals surface area (Å²) in [6.07, 6.45) is 0. The second-order valence-corrected chi connectivity index (χ2v) is 5.81. The van der Waals surface area contributed by atoms with Gasteiger partial charge in [-0.3, -0.25) is 4.79 Å². The maximum atomic E-state index is 12.0. The smallest absolute Gasteiger partial charge is 0.262 e. The van der Waals surface area contributed by atoms with Gasteiger partial charge in [0.1, 0.15) is 0 Å². The molecule has 8 heteroatoms. The first-order chi connectivity index (χ1) is 11.4. The summed E-state index contributed by atoms with van der Waals surface area (Å²) in [6.45, 7) is -0.329. The van der Waals surface area contributed by atoms with E-state index in [-0.39, 0.29) is 23.1 Å². The third-order valence-electron chi connectivity index (χ3n) is 2.91. The molecule has 0 aliphatic carbocycles. The number of nitrogens with one attached hydrogen (secondary N) is 1. The van der Waals surface area contributed by atoms with Crippen molar-refractivity contribution in [1.82, 2.24) is 0 Å². The zero-order chi connectivity index (χ0) is 17.7. The van der Waals surface area contributed by atoms with Crippen LogP contribution in [0.25, 0.3) is 0 Å². The lowest BCUT2D eigenvalue weighted by Crippen LogP contribution is -2.20. The normalized spacial score (nSPS) is 9.96. The van der Waals surface area contributed by atoms with Gasteiger partial charge < -0.3 is 14.8 Å². The molecule has 1 amide bonds. The Labute approximate surface area is 153 Å². The van der Waals surface area contributed by atoms with E-state index in [0.29, 0.717) is 21.3 Å². The molecule has 0 aliphatic heterocycles. The van der Waals surface area contributed by atoms with Crippen molar-refractivity contribution >= 4 is 46.4 Å². The number of rotatable bonds is 5. The van der Waals surface area contributed by atoms with E-state index in [4.69, 9.17) is 49.5 Å². The fourth-order valence-electron chi connectivity index (χ4n) is 1.84. The van der Waals surface area contributed by atoms with Crippen LogP contribution in [0.5, 0.6) is 11.5 Å². The third-order valence-corrected chi connectivity index (χ3v) is 3.75. The summed E-state index contributed by atoms with van der Waals surface area (Å²) in [5.41, 5.74) is 0.690. The van der Waals surface area contributed by atoms with E-state index in [1.165, 1.54) is 25.3 Å². The van der Waals surface area contributed by atoms with Gasteiger partial charge >= 0.3 is 0 Å². The molecule has 0 saturated carbocycles. The number of nitriles is 1. The Balaban J connectivity index is 2.09. The van der Waals surface area contributed by atoms with Crippen molar-refractivity contribution < 1.29 is 14.3 Å². The van der Waals surface area contributed by atoms with Crippen molar-refractivity contribution in [2.75, 3.05) is 19.0 Å².